The van der Waals surface area contributed by atoms with Crippen LogP contribution in [0.5, 0.6) is 28.7 Å². The lowest BCUT2D eigenvalue weighted by molar-refractivity contribution is 0.0687. The normalized spacial score (nSPS) is 10.6. The van der Waals surface area contributed by atoms with E-state index in [1.54, 1.807) is 6.07 Å². The number of nitrogens with one attached hydrogen (secondary N) is 1. The van der Waals surface area contributed by atoms with E-state index < -0.39 is 17.6 Å². The van der Waals surface area contributed by atoms with Crippen molar-refractivity contribution in [1.82, 2.24) is 5.16 Å². The summed E-state index contributed by atoms with van der Waals surface area (Å²) in [4.78, 5) is 25.7. The highest BCUT2D eigenvalue weighted by atomic mass is 35.5. The van der Waals surface area contributed by atoms with Crippen molar-refractivity contribution in [3.63, 3.8) is 0 Å². The molecule has 5 aromatic rings. The maximum absolute atomic E-state index is 13.5. The molecule has 12 heteroatoms. The predicted molar refractivity (Wildman–Crippen MR) is 170 cm³/mol. The number of carbonyl (C=O) groups excluding carboxylic acids is 1. The minimum Gasteiger partial charge on any atom is -0.493 e. The second-order valence-corrected chi connectivity index (χ2v) is 10.1. The number of nitrogens with zero attached hydrogens (tertiary/aromatic N) is 1. The van der Waals surface area contributed by atoms with Gasteiger partial charge in [-0.15, -0.1) is 0 Å². The Morgan fingerprint density at radius 1 is 0.783 bits per heavy atom. The first-order valence-electron chi connectivity index (χ1n) is 13.8. The maximum atomic E-state index is 13.5. The first-order valence-corrected chi connectivity index (χ1v) is 14.2. The van der Waals surface area contributed by atoms with E-state index in [0.717, 1.165) is 11.1 Å². The summed E-state index contributed by atoms with van der Waals surface area (Å²) in [5.74, 6) is -0.940. The van der Waals surface area contributed by atoms with Gasteiger partial charge in [-0.3, -0.25) is 4.79 Å². The van der Waals surface area contributed by atoms with Crippen molar-refractivity contribution in [2.24, 2.45) is 0 Å². The molecule has 0 fully saturated rings. The fourth-order valence-corrected chi connectivity index (χ4v) is 4.76. The molecule has 1 aromatic heterocycles. The van der Waals surface area contributed by atoms with Gasteiger partial charge in [-0.2, -0.15) is 0 Å². The summed E-state index contributed by atoms with van der Waals surface area (Å²) in [7, 11) is 4.25. The lowest BCUT2D eigenvalue weighted by Crippen LogP contribution is -2.15. The van der Waals surface area contributed by atoms with Crippen molar-refractivity contribution in [3.8, 4) is 40.1 Å². The summed E-state index contributed by atoms with van der Waals surface area (Å²) >= 11 is 6.67. The molecule has 0 radical (unpaired) electrons. The molecule has 0 spiro atoms. The van der Waals surface area contributed by atoms with E-state index in [9.17, 15) is 14.7 Å². The molecule has 0 aliphatic rings. The molecular weight excluding hydrogens is 616 g/mol. The van der Waals surface area contributed by atoms with Crippen molar-refractivity contribution in [2.45, 2.75) is 13.2 Å². The zero-order valence-corrected chi connectivity index (χ0v) is 25.8. The van der Waals surface area contributed by atoms with Crippen molar-refractivity contribution in [3.05, 3.63) is 112 Å². The molecule has 0 saturated carbocycles. The molecule has 1 amide bonds. The number of carbonyl (C=O) groups is 2. The van der Waals surface area contributed by atoms with E-state index in [-0.39, 0.29) is 63.8 Å². The van der Waals surface area contributed by atoms with Crippen LogP contribution in [0.15, 0.2) is 89.5 Å². The molecule has 5 rings (SSSR count). The second-order valence-electron chi connectivity index (χ2n) is 9.74. The second kappa shape index (κ2) is 14.4. The summed E-state index contributed by atoms with van der Waals surface area (Å²) in [6.45, 7) is 0.389. The van der Waals surface area contributed by atoms with Crippen LogP contribution in [-0.4, -0.2) is 43.5 Å². The van der Waals surface area contributed by atoms with Gasteiger partial charge in [-0.05, 0) is 29.3 Å². The number of anilines is 1. The molecular formula is C34H29ClN2O9. The summed E-state index contributed by atoms with van der Waals surface area (Å²) in [6, 6.07) is 24.9. The fourth-order valence-electron chi connectivity index (χ4n) is 4.55. The number of ether oxygens (including phenoxy) is 5. The minimum absolute atomic E-state index is 0.0845. The van der Waals surface area contributed by atoms with Crippen LogP contribution < -0.4 is 29.0 Å². The Bertz CT molecular complexity index is 1820. The lowest BCUT2D eigenvalue weighted by atomic mass is 10.1. The predicted octanol–water partition coefficient (Wildman–Crippen LogP) is 7.13. The van der Waals surface area contributed by atoms with Crippen molar-refractivity contribution >= 4 is 29.2 Å². The highest BCUT2D eigenvalue weighted by Crippen LogP contribution is 2.44. The third-order valence-electron chi connectivity index (χ3n) is 6.81. The third-order valence-corrected chi connectivity index (χ3v) is 7.11. The summed E-state index contributed by atoms with van der Waals surface area (Å²) < 4.78 is 33.8. The van der Waals surface area contributed by atoms with Gasteiger partial charge < -0.3 is 38.6 Å². The van der Waals surface area contributed by atoms with E-state index >= 15 is 0 Å². The SMILES string of the molecule is COc1cc(C(=O)Nc2c(C(=O)O)noc2-c2cc(Cl)c(OCc3ccccc3)cc2OCc2ccccc2)cc(OC)c1OC. The number of benzene rings is 4. The van der Waals surface area contributed by atoms with Gasteiger partial charge in [0.1, 0.15) is 30.4 Å². The van der Waals surface area contributed by atoms with E-state index in [1.165, 1.54) is 39.5 Å². The number of amides is 1. The Morgan fingerprint density at radius 2 is 1.35 bits per heavy atom. The number of methoxy groups -OCH3 is 3. The zero-order chi connectivity index (χ0) is 32.6. The molecule has 0 bridgehead atoms. The molecule has 0 atom stereocenters. The Morgan fingerprint density at radius 3 is 1.87 bits per heavy atom. The maximum Gasteiger partial charge on any atom is 0.360 e. The van der Waals surface area contributed by atoms with Crippen LogP contribution in [0.2, 0.25) is 5.02 Å². The van der Waals surface area contributed by atoms with E-state index in [2.05, 4.69) is 10.5 Å². The third kappa shape index (κ3) is 7.00. The van der Waals surface area contributed by atoms with Crippen LogP contribution in [0, 0.1) is 0 Å². The van der Waals surface area contributed by atoms with Crippen LogP contribution in [-0.2, 0) is 13.2 Å². The lowest BCUT2D eigenvalue weighted by Gasteiger charge is -2.16. The van der Waals surface area contributed by atoms with Crippen molar-refractivity contribution in [2.75, 3.05) is 26.6 Å². The van der Waals surface area contributed by atoms with Gasteiger partial charge in [-0.25, -0.2) is 4.79 Å². The first kappa shape index (κ1) is 31.7. The van der Waals surface area contributed by atoms with Crippen LogP contribution >= 0.6 is 11.6 Å². The molecule has 0 unspecified atom stereocenters. The van der Waals surface area contributed by atoms with Crippen LogP contribution in [0.4, 0.5) is 5.69 Å². The molecule has 236 valence electrons. The van der Waals surface area contributed by atoms with Gasteiger partial charge in [0.25, 0.3) is 5.91 Å². The zero-order valence-electron chi connectivity index (χ0n) is 25.0. The van der Waals surface area contributed by atoms with E-state index in [1.807, 2.05) is 60.7 Å². The van der Waals surface area contributed by atoms with Crippen molar-refractivity contribution < 1.29 is 42.9 Å². The number of aromatic carboxylic acids is 1. The molecule has 2 N–H and O–H groups in total. The Balaban J connectivity index is 1.55. The molecule has 46 heavy (non-hydrogen) atoms. The van der Waals surface area contributed by atoms with Gasteiger partial charge in [0, 0.05) is 11.6 Å². The summed E-state index contributed by atoms with van der Waals surface area (Å²) in [5.41, 5.74) is 1.35. The van der Waals surface area contributed by atoms with E-state index in [4.69, 9.17) is 39.8 Å². The molecule has 1 heterocycles. The number of halogens is 1. The molecule has 0 aliphatic carbocycles. The molecule has 4 aromatic carbocycles. The van der Waals surface area contributed by atoms with E-state index in [0.29, 0.717) is 5.75 Å². The smallest absolute Gasteiger partial charge is 0.360 e. The number of hydrogen-bond donors (Lipinski definition) is 2. The fraction of sp³-hybridized carbons (Fsp3) is 0.147. The Hall–Kier alpha value is -5.68. The quantitative estimate of drug-likeness (QED) is 0.136. The van der Waals surface area contributed by atoms with Gasteiger partial charge in [0.05, 0.1) is 31.9 Å². The Labute approximate surface area is 269 Å². The first-order chi connectivity index (χ1) is 22.3. The van der Waals surface area contributed by atoms with Gasteiger partial charge >= 0.3 is 5.97 Å². The monoisotopic (exact) mass is 644 g/mol. The van der Waals surface area contributed by atoms with Crippen LogP contribution in [0.1, 0.15) is 32.0 Å². The highest BCUT2D eigenvalue weighted by Gasteiger charge is 2.29. The molecule has 11 nitrogen and oxygen atoms in total. The summed E-state index contributed by atoms with van der Waals surface area (Å²) in [6.07, 6.45) is 0. The number of carboxylic acid groups (broad SMARTS) is 1. The van der Waals surface area contributed by atoms with Crippen LogP contribution in [0.25, 0.3) is 11.3 Å². The van der Waals surface area contributed by atoms with Gasteiger partial charge in [0.2, 0.25) is 11.4 Å². The average molecular weight is 645 g/mol. The van der Waals surface area contributed by atoms with Gasteiger partial charge in [-0.1, -0.05) is 77.4 Å². The highest BCUT2D eigenvalue weighted by molar-refractivity contribution is 6.32. The average Bonchev–Trinajstić information content (AvgIpc) is 3.50. The largest absolute Gasteiger partial charge is 0.493 e. The minimum atomic E-state index is -1.43. The topological polar surface area (TPSA) is 139 Å². The Kier molecular flexibility index (Phi) is 9.94. The van der Waals surface area contributed by atoms with Crippen molar-refractivity contribution in [1.29, 1.82) is 0 Å². The number of hydrogen-bond acceptors (Lipinski definition) is 9. The number of carboxylic acids is 1. The number of aromatic nitrogens is 1. The summed E-state index contributed by atoms with van der Waals surface area (Å²) in [5, 5.41) is 16.5. The standard InChI is InChI=1S/C34H29ClN2O9/c1-41-27-14-22(15-28(42-2)32(27)43-3)33(38)36-29-30(34(39)40)37-46-31(29)23-16-24(35)26(45-19-21-12-8-5-9-13-21)17-25(23)44-18-20-10-6-4-7-11-20/h4-17H,18-19H2,1-3H3,(H,36,38)(H,39,40). The van der Waals surface area contributed by atoms with Gasteiger partial charge in [0.15, 0.2) is 17.3 Å². The van der Waals surface area contributed by atoms with Crippen LogP contribution in [0.3, 0.4) is 0 Å². The molecule has 0 saturated heterocycles. The number of rotatable bonds is 13. The molecule has 0 aliphatic heterocycles.